The molecule has 120 valence electrons. The number of rotatable bonds is 2. The van der Waals surface area contributed by atoms with Gasteiger partial charge in [-0.15, -0.1) is 24.1 Å². The molecule has 0 spiro atoms. The first-order valence-corrected chi connectivity index (χ1v) is 7.34. The van der Waals surface area contributed by atoms with Gasteiger partial charge in [-0.3, -0.25) is 6.08 Å². The van der Waals surface area contributed by atoms with E-state index in [4.69, 9.17) is 0 Å². The van der Waals surface area contributed by atoms with Crippen LogP contribution in [0.25, 0.3) is 11.1 Å². The van der Waals surface area contributed by atoms with E-state index < -0.39 is 0 Å². The Hall–Kier alpha value is -0.890. The summed E-state index contributed by atoms with van der Waals surface area (Å²) < 4.78 is 0. The molecule has 0 saturated carbocycles. The van der Waals surface area contributed by atoms with E-state index in [0.717, 1.165) is 12.8 Å². The third-order valence-electron chi connectivity index (χ3n) is 3.85. The van der Waals surface area contributed by atoms with Crippen molar-refractivity contribution in [3.8, 4) is 11.1 Å². The van der Waals surface area contributed by atoms with Crippen LogP contribution in [-0.4, -0.2) is 0 Å². The zero-order chi connectivity index (χ0) is 14.5. The Bertz CT molecular complexity index is 649. The molecule has 0 heterocycles. The molecule has 2 aromatic carbocycles. The van der Waals surface area contributed by atoms with Crippen molar-refractivity contribution >= 4 is 0 Å². The molecule has 0 bridgehead atoms. The minimum atomic E-state index is 0. The second-order valence-electron chi connectivity index (χ2n) is 5.16. The van der Waals surface area contributed by atoms with E-state index >= 15 is 0 Å². The molecule has 0 fully saturated rings. The normalized spacial score (nSPS) is 14.8. The van der Waals surface area contributed by atoms with E-state index in [2.05, 4.69) is 61.2 Å². The van der Waals surface area contributed by atoms with Crippen LogP contribution in [0.5, 0.6) is 0 Å². The summed E-state index contributed by atoms with van der Waals surface area (Å²) in [7, 11) is 0. The average Bonchev–Trinajstić information content (AvgIpc) is 3.20. The van der Waals surface area contributed by atoms with Crippen molar-refractivity contribution in [2.75, 3.05) is 0 Å². The second-order valence-corrected chi connectivity index (χ2v) is 5.16. The fraction of sp³-hybridized carbons (Fsp3) is 0.143. The molecular weight excluding hydrogens is 502 g/mol. The van der Waals surface area contributed by atoms with Crippen LogP contribution in [0.3, 0.4) is 0 Å². The number of allylic oxidation sites excluding steroid dienone is 5. The standard InChI is InChI=1S/C16H13.C5H5.2ClH.Hf/c1-2-7-12-13-8-3-5-10-15(13)16-11-6-4-9-14(12)16;1-2-4-5-3-1;;;/h2-6,8,10-12H,1,7H2;1-3H,4H2;2*1H;/q2*-1;;;+4/p-2. The molecule has 4 rings (SSSR count). The minimum absolute atomic E-state index is 0. The first-order chi connectivity index (χ1) is 10.4. The Balaban J connectivity index is 0.000000578. The van der Waals surface area contributed by atoms with Crippen molar-refractivity contribution in [1.29, 1.82) is 0 Å². The summed E-state index contributed by atoms with van der Waals surface area (Å²) in [6.45, 7) is 3.86. The van der Waals surface area contributed by atoms with E-state index in [1.165, 1.54) is 22.3 Å². The molecule has 2 aliphatic rings. The first kappa shape index (κ1) is 23.1. The van der Waals surface area contributed by atoms with Gasteiger partial charge >= 0.3 is 25.8 Å². The van der Waals surface area contributed by atoms with Crippen molar-refractivity contribution in [1.82, 2.24) is 0 Å². The Morgan fingerprint density at radius 3 is 2.46 bits per heavy atom. The maximum absolute atomic E-state index is 3.86. The van der Waals surface area contributed by atoms with E-state index in [0.29, 0.717) is 5.92 Å². The molecule has 0 saturated heterocycles. The molecule has 0 radical (unpaired) electrons. The van der Waals surface area contributed by atoms with Crippen LogP contribution >= 0.6 is 0 Å². The smallest absolute Gasteiger partial charge is 1.00 e. The van der Waals surface area contributed by atoms with Crippen molar-refractivity contribution in [3.05, 3.63) is 96.6 Å². The van der Waals surface area contributed by atoms with Crippen molar-refractivity contribution < 1.29 is 50.7 Å². The number of benzene rings is 2. The van der Waals surface area contributed by atoms with Gasteiger partial charge in [0.25, 0.3) is 0 Å². The monoisotopic (exact) mass is 520 g/mol. The van der Waals surface area contributed by atoms with Gasteiger partial charge in [0.15, 0.2) is 0 Å². The van der Waals surface area contributed by atoms with Crippen LogP contribution in [0, 0.1) is 12.1 Å². The topological polar surface area (TPSA) is 0 Å². The summed E-state index contributed by atoms with van der Waals surface area (Å²) >= 11 is 0. The molecule has 2 aliphatic carbocycles. The number of fused-ring (bicyclic) bond motifs is 3. The Morgan fingerprint density at radius 1 is 1.08 bits per heavy atom. The maximum atomic E-state index is 3.86. The molecule has 0 amide bonds. The van der Waals surface area contributed by atoms with Gasteiger partial charge in [-0.2, -0.15) is 30.3 Å². The zero-order valence-electron chi connectivity index (χ0n) is 13.3. The molecule has 3 heteroatoms. The van der Waals surface area contributed by atoms with Crippen LogP contribution in [0.1, 0.15) is 29.9 Å². The summed E-state index contributed by atoms with van der Waals surface area (Å²) in [5.41, 5.74) is 5.44. The van der Waals surface area contributed by atoms with E-state index in [1.54, 1.807) is 0 Å². The van der Waals surface area contributed by atoms with Crippen LogP contribution in [0.15, 0.2) is 73.3 Å². The van der Waals surface area contributed by atoms with Gasteiger partial charge in [0.1, 0.15) is 0 Å². The largest absolute Gasteiger partial charge is 4.00 e. The van der Waals surface area contributed by atoms with Crippen molar-refractivity contribution in [2.45, 2.75) is 18.8 Å². The zero-order valence-corrected chi connectivity index (χ0v) is 18.4. The van der Waals surface area contributed by atoms with Crippen LogP contribution < -0.4 is 24.8 Å². The summed E-state index contributed by atoms with van der Waals surface area (Å²) in [5.74, 6) is 0.449. The first-order valence-electron chi connectivity index (χ1n) is 7.34. The van der Waals surface area contributed by atoms with Gasteiger partial charge in [-0.25, -0.2) is 12.2 Å². The molecule has 2 aromatic rings. The quantitative estimate of drug-likeness (QED) is 0.285. The Kier molecular flexibility index (Phi) is 11.2. The van der Waals surface area contributed by atoms with Crippen LogP contribution in [0.2, 0.25) is 0 Å². The molecular formula is C21H18Cl2Hf. The van der Waals surface area contributed by atoms with Crippen molar-refractivity contribution in [3.63, 3.8) is 0 Å². The predicted molar refractivity (Wildman–Crippen MR) is 88.9 cm³/mol. The minimum Gasteiger partial charge on any atom is -1.00 e. The fourth-order valence-electron chi connectivity index (χ4n) is 2.93. The average molecular weight is 520 g/mol. The molecule has 24 heavy (non-hydrogen) atoms. The summed E-state index contributed by atoms with van der Waals surface area (Å²) in [4.78, 5) is 0. The van der Waals surface area contributed by atoms with Gasteiger partial charge in [-0.05, 0) is 17.9 Å². The maximum Gasteiger partial charge on any atom is 4.00 e. The molecule has 0 aromatic heterocycles. The number of halogens is 2. The number of hydrogen-bond donors (Lipinski definition) is 0. The van der Waals surface area contributed by atoms with Gasteiger partial charge in [0.2, 0.25) is 0 Å². The van der Waals surface area contributed by atoms with Crippen molar-refractivity contribution in [2.24, 2.45) is 0 Å². The Morgan fingerprint density at radius 2 is 1.83 bits per heavy atom. The van der Waals surface area contributed by atoms with E-state index in [1.807, 2.05) is 24.3 Å². The van der Waals surface area contributed by atoms with Crippen LogP contribution in [-0.2, 0) is 25.8 Å². The van der Waals surface area contributed by atoms with Gasteiger partial charge in [0, 0.05) is 0 Å². The third kappa shape index (κ3) is 5.05. The van der Waals surface area contributed by atoms with E-state index in [-0.39, 0.29) is 50.7 Å². The molecule has 0 aliphatic heterocycles. The SMILES string of the molecule is C=CCC1c2[c-]cccc2-c2ccccc21.[C-]1=CC=CC1.[Cl-].[Cl-].[Hf+4]. The predicted octanol–water partition coefficient (Wildman–Crippen LogP) is -0.514. The van der Waals surface area contributed by atoms with Crippen LogP contribution in [0.4, 0.5) is 0 Å². The van der Waals surface area contributed by atoms with Gasteiger partial charge < -0.3 is 24.8 Å². The third-order valence-corrected chi connectivity index (χ3v) is 3.85. The fourth-order valence-corrected chi connectivity index (χ4v) is 2.93. The summed E-state index contributed by atoms with van der Waals surface area (Å²) in [6.07, 6.45) is 13.0. The summed E-state index contributed by atoms with van der Waals surface area (Å²) in [6, 6.07) is 18.3. The van der Waals surface area contributed by atoms with E-state index in [9.17, 15) is 0 Å². The molecule has 0 nitrogen and oxygen atoms in total. The van der Waals surface area contributed by atoms with Gasteiger partial charge in [0.05, 0.1) is 0 Å². The number of hydrogen-bond acceptors (Lipinski definition) is 0. The Labute approximate surface area is 176 Å². The van der Waals surface area contributed by atoms with Gasteiger partial charge in [-0.1, -0.05) is 35.9 Å². The second kappa shape index (κ2) is 11.6. The molecule has 0 N–H and O–H groups in total. The molecule has 1 unspecified atom stereocenters. The molecule has 1 atom stereocenters. The summed E-state index contributed by atoms with van der Waals surface area (Å²) in [5, 5.41) is 0.